The van der Waals surface area contributed by atoms with Crippen LogP contribution in [0.5, 0.6) is 5.75 Å². The molecule has 323 valence electrons. The summed E-state index contributed by atoms with van der Waals surface area (Å²) in [6.45, 7) is 18.6. The van der Waals surface area contributed by atoms with E-state index >= 15 is 0 Å². The van der Waals surface area contributed by atoms with Gasteiger partial charge in [-0.15, -0.1) is 0 Å². The molecule has 1 fully saturated rings. The minimum Gasteiger partial charge on any atom is 0 e. The van der Waals surface area contributed by atoms with E-state index in [-0.39, 0.29) is 158 Å². The van der Waals surface area contributed by atoms with E-state index in [2.05, 4.69) is 76.7 Å². The number of benzene rings is 4. The summed E-state index contributed by atoms with van der Waals surface area (Å²) in [7, 11) is 0. The molecule has 17 heteroatoms. The predicted molar refractivity (Wildman–Crippen MR) is 242 cm³/mol. The zero-order valence-corrected chi connectivity index (χ0v) is 54.6. The number of rotatable bonds is 9. The second-order valence-electron chi connectivity index (χ2n) is 15.4. The van der Waals surface area contributed by atoms with Crippen LogP contribution in [0.3, 0.4) is 0 Å². The Morgan fingerprint density at radius 2 is 1.56 bits per heavy atom. The molecule has 3 N–H and O–H groups in total. The number of carboxylic acid groups (broad SMARTS) is 1. The summed E-state index contributed by atoms with van der Waals surface area (Å²) >= 11 is 6.47. The number of carbonyl (C=O) groups excluding carboxylic acids is 3. The van der Waals surface area contributed by atoms with Crippen LogP contribution in [0.15, 0.2) is 78.8 Å². The van der Waals surface area contributed by atoms with Crippen molar-refractivity contribution in [1.29, 1.82) is 0 Å². The quantitative estimate of drug-likeness (QED) is 0.128. The van der Waals surface area contributed by atoms with Crippen molar-refractivity contribution in [2.45, 2.75) is 80.8 Å². The van der Waals surface area contributed by atoms with E-state index in [1.165, 1.54) is 31.9 Å². The Labute approximate surface area is 468 Å². The molecule has 1 amide bonds. The van der Waals surface area contributed by atoms with Gasteiger partial charge in [0.1, 0.15) is 6.10 Å². The maximum absolute atomic E-state index is 12.4. The van der Waals surface area contributed by atoms with Gasteiger partial charge in [0.05, 0.1) is 6.54 Å². The minimum absolute atomic E-state index is 0. The number of aromatic carboxylic acids is 1. The van der Waals surface area contributed by atoms with E-state index in [4.69, 9.17) is 9.15 Å². The molecule has 0 aromatic heterocycles. The van der Waals surface area contributed by atoms with E-state index in [9.17, 15) is 29.4 Å². The number of carbonyl (C=O) groups is 3. The molecule has 6 rings (SSSR count). The third-order valence-electron chi connectivity index (χ3n) is 10.8. The molecular formula is C46H53Br2HgN2Na2O9Pb. The monoisotopic (exact) mass is 1390 g/mol. The van der Waals surface area contributed by atoms with Crippen LogP contribution in [-0.2, 0) is 40.4 Å². The van der Waals surface area contributed by atoms with Crippen LogP contribution in [0.1, 0.15) is 82.3 Å². The number of anilines is 1. The number of hydrogen-bond donors (Lipinski definition) is 1. The summed E-state index contributed by atoms with van der Waals surface area (Å²) in [4.78, 5) is 48.8. The Morgan fingerprint density at radius 1 is 0.952 bits per heavy atom. The third kappa shape index (κ3) is 16.8. The molecular weight excluding hydrogens is 1340 g/mol. The maximum Gasteiger partial charge on any atom is 1.00 e. The number of hydrogen-bond acceptors (Lipinski definition) is 9. The Bertz CT molecular complexity index is 2330. The number of amides is 1. The molecule has 0 bridgehead atoms. The average Bonchev–Trinajstić information content (AvgIpc) is 3.18. The van der Waals surface area contributed by atoms with E-state index in [1.54, 1.807) is 30.3 Å². The normalized spacial score (nSPS) is 15.2. The van der Waals surface area contributed by atoms with Gasteiger partial charge in [-0.1, -0.05) is 59.2 Å². The first-order chi connectivity index (χ1) is 27.9. The fraction of sp³-hybridized carbons (Fsp3) is 0.391. The fourth-order valence-corrected chi connectivity index (χ4v) is 11.1. The van der Waals surface area contributed by atoms with Crippen molar-refractivity contribution in [3.63, 3.8) is 0 Å². The van der Waals surface area contributed by atoms with Crippen molar-refractivity contribution < 1.29 is 124 Å². The number of ether oxygens (including phenoxy) is 1. The molecule has 4 radical (unpaired) electrons. The van der Waals surface area contributed by atoms with Gasteiger partial charge in [-0.3, -0.25) is 14.5 Å². The first-order valence-electron chi connectivity index (χ1n) is 19.9. The first-order valence-corrected chi connectivity index (χ1v) is 24.2. The Kier molecular flexibility index (Phi) is 28.9. The number of carboxylic acids is 1. The van der Waals surface area contributed by atoms with Crippen molar-refractivity contribution in [2.75, 3.05) is 25.0 Å². The molecule has 1 saturated carbocycles. The van der Waals surface area contributed by atoms with E-state index in [0.717, 1.165) is 36.3 Å². The van der Waals surface area contributed by atoms with Gasteiger partial charge in [0.2, 0.25) is 5.91 Å². The average molecular weight is 1390 g/mol. The summed E-state index contributed by atoms with van der Waals surface area (Å²) < 4.78 is 12.6. The molecule has 0 spiro atoms. The number of fused-ring (bicyclic) bond motifs is 2. The van der Waals surface area contributed by atoms with Gasteiger partial charge in [-0.25, -0.2) is 0 Å². The van der Waals surface area contributed by atoms with Gasteiger partial charge in [0.15, 0.2) is 0 Å². The first kappa shape index (κ1) is 62.3. The van der Waals surface area contributed by atoms with Crippen molar-refractivity contribution in [2.24, 2.45) is 17.8 Å². The minimum atomic E-state index is -1.31. The molecule has 3 atom stereocenters. The number of nitrogens with one attached hydrogen (secondary N) is 1. The van der Waals surface area contributed by atoms with Gasteiger partial charge in [-0.2, -0.15) is 0 Å². The van der Waals surface area contributed by atoms with Gasteiger partial charge in [-0.05, 0) is 68.7 Å². The fourth-order valence-electron chi connectivity index (χ4n) is 7.51. The van der Waals surface area contributed by atoms with Crippen LogP contribution in [0.4, 0.5) is 5.69 Å². The van der Waals surface area contributed by atoms with Crippen LogP contribution < -0.4 is 83.1 Å². The van der Waals surface area contributed by atoms with Gasteiger partial charge < -0.3 is 15.5 Å². The number of likely N-dealkylation sites (N-methyl/N-ethyl adjacent to an activating group) is 1. The SMILES string of the molecule is CC(=O)OC1CC(C)CCC1C(C)C.CCN(CC)CC(=O)Nc1c(C)cccc1C.O.O=C([O-])c1ccccc1-c1c2cc(Br)c(=O)cc-2oc2[c]([Hg])c([O-])c(Br)cc12.[Na+].[Na+].[Pb]. The molecule has 3 unspecified atom stereocenters. The van der Waals surface area contributed by atoms with Crippen LogP contribution in [0.25, 0.3) is 33.4 Å². The summed E-state index contributed by atoms with van der Waals surface area (Å²) in [5.74, 6) is 0.638. The Balaban J connectivity index is 0.000000955. The summed E-state index contributed by atoms with van der Waals surface area (Å²) in [5, 5.41) is 27.8. The molecule has 11 nitrogen and oxygen atoms in total. The summed E-state index contributed by atoms with van der Waals surface area (Å²) in [6, 6.07) is 17.1. The topological polar surface area (TPSA) is 184 Å². The molecule has 0 saturated heterocycles. The van der Waals surface area contributed by atoms with E-state index in [0.29, 0.717) is 64.0 Å². The maximum atomic E-state index is 12.4. The van der Waals surface area contributed by atoms with Crippen molar-refractivity contribution in [3.8, 4) is 28.2 Å². The van der Waals surface area contributed by atoms with Gasteiger partial charge >= 0.3 is 258 Å². The van der Waals surface area contributed by atoms with Crippen LogP contribution >= 0.6 is 31.9 Å². The summed E-state index contributed by atoms with van der Waals surface area (Å²) in [6.07, 6.45) is 3.69. The number of aryl methyl sites for hydroxylation is 2. The Morgan fingerprint density at radius 3 is 2.11 bits per heavy atom. The van der Waals surface area contributed by atoms with Gasteiger partial charge in [0.25, 0.3) is 0 Å². The predicted octanol–water partition coefficient (Wildman–Crippen LogP) is 1.10. The number of esters is 1. The molecule has 3 aromatic rings. The molecule has 2 aliphatic carbocycles. The Hall–Kier alpha value is -0.703. The number of nitrogens with zero attached hydrogens (tertiary/aromatic N) is 1. The molecule has 3 aromatic carbocycles. The van der Waals surface area contributed by atoms with E-state index in [1.807, 2.05) is 32.0 Å². The van der Waals surface area contributed by atoms with Gasteiger partial charge in [0, 0.05) is 39.9 Å². The number of halogens is 2. The zero-order valence-electron chi connectivity index (χ0n) is 38.0. The van der Waals surface area contributed by atoms with Crippen molar-refractivity contribution >= 4 is 96.7 Å². The zero-order chi connectivity index (χ0) is 43.7. The second-order valence-corrected chi connectivity index (χ2v) is 19.8. The second kappa shape index (κ2) is 29.2. The van der Waals surface area contributed by atoms with Crippen molar-refractivity contribution in [3.05, 3.63) is 96.5 Å². The molecule has 3 aliphatic rings. The largest absolute Gasteiger partial charge is 1.00 e. The molecule has 1 aliphatic heterocycles. The molecule has 63 heavy (non-hydrogen) atoms. The van der Waals surface area contributed by atoms with Crippen LogP contribution in [-0.4, -0.2) is 81.3 Å². The van der Waals surface area contributed by atoms with Crippen molar-refractivity contribution in [1.82, 2.24) is 4.90 Å². The third-order valence-corrected chi connectivity index (χ3v) is 14.5. The summed E-state index contributed by atoms with van der Waals surface area (Å²) in [5.41, 5.74) is 4.86. The van der Waals surface area contributed by atoms with E-state index < -0.39 is 5.97 Å². The standard InChI is InChI=1S/C20H9Br2O5.C14H22N2O.C12H22O2.Hg.2Na.H2O.Pb/c21-13-5-11-17(7-15(13)23)27-18-8-16(24)14(22)6-12(18)19(11)9-3-1-2-4-10(9)20(25)26;1-5-16(6-2)10-13(17)15-14-11(3)8-7-9-12(14)4;1-8(2)11-6-5-9(3)7-12(11)14-10(4)13;;;;;/h1-7,24H,(H,25,26);7-9H,5-6,10H2,1-4H3,(H,15,17);8-9,11-12H,5-7H2,1-4H3;;;;1H2;/q;;;;2*+1;;/p-2. The van der Waals surface area contributed by atoms with Crippen LogP contribution in [0.2, 0.25) is 0 Å². The van der Waals surface area contributed by atoms with Crippen LogP contribution in [0, 0.1) is 31.6 Å². The number of para-hydroxylation sites is 1. The molecule has 1 heterocycles. The smallest absolute Gasteiger partial charge is 0 e.